The van der Waals surface area contributed by atoms with Crippen LogP contribution in [0.15, 0.2) is 35.5 Å². The molecule has 136 valence electrons. The lowest BCUT2D eigenvalue weighted by Crippen LogP contribution is -2.51. The van der Waals surface area contributed by atoms with Gasteiger partial charge in [0.2, 0.25) is 0 Å². The highest BCUT2D eigenvalue weighted by Crippen LogP contribution is 2.65. The Kier molecular flexibility index (Phi) is 3.64. The minimum Gasteiger partial charge on any atom is -0.445 e. The molecule has 0 amide bonds. The lowest BCUT2D eigenvalue weighted by Gasteiger charge is -2.53. The molecule has 0 heterocycles. The second kappa shape index (κ2) is 5.46. The number of esters is 1. The van der Waals surface area contributed by atoms with Crippen molar-refractivity contribution in [1.29, 1.82) is 0 Å². The van der Waals surface area contributed by atoms with Gasteiger partial charge in [-0.2, -0.15) is 0 Å². The standard InChI is InChI=1S/C23H26O3/c1-5-23(26-15(2)24)13-10-20-18-7-6-16-14-17(25)8-11-21(16,3)19(18)9-12-22(20,23)4/h1,8-9,11,14,18,20H,6-7,10,12-13H2,2-4H3/t18?,20?,21-,22-,23-/m0/s1. The van der Waals surface area contributed by atoms with Crippen molar-refractivity contribution < 1.29 is 14.3 Å². The van der Waals surface area contributed by atoms with E-state index in [0.29, 0.717) is 11.8 Å². The molecule has 3 nitrogen and oxygen atoms in total. The summed E-state index contributed by atoms with van der Waals surface area (Å²) in [5, 5.41) is 0. The normalized spacial score (nSPS) is 43.4. The molecule has 0 aromatic carbocycles. The highest BCUT2D eigenvalue weighted by Gasteiger charge is 2.63. The lowest BCUT2D eigenvalue weighted by atomic mass is 9.51. The van der Waals surface area contributed by atoms with E-state index in [-0.39, 0.29) is 22.6 Å². The summed E-state index contributed by atoms with van der Waals surface area (Å²) in [5.74, 6) is 3.51. The number of terminal acetylenes is 1. The second-order valence-electron chi connectivity index (χ2n) is 8.74. The van der Waals surface area contributed by atoms with Gasteiger partial charge in [0.25, 0.3) is 0 Å². The average molecular weight is 350 g/mol. The predicted molar refractivity (Wildman–Crippen MR) is 99.9 cm³/mol. The van der Waals surface area contributed by atoms with Crippen molar-refractivity contribution in [2.24, 2.45) is 22.7 Å². The van der Waals surface area contributed by atoms with Gasteiger partial charge in [-0.15, -0.1) is 6.42 Å². The van der Waals surface area contributed by atoms with Crippen LogP contribution in [0.4, 0.5) is 0 Å². The number of carbonyl (C=O) groups is 2. The van der Waals surface area contributed by atoms with Gasteiger partial charge in [0, 0.05) is 17.8 Å². The van der Waals surface area contributed by atoms with Crippen LogP contribution in [0.5, 0.6) is 0 Å². The molecule has 26 heavy (non-hydrogen) atoms. The number of ketones is 1. The van der Waals surface area contributed by atoms with Crippen molar-refractivity contribution in [2.75, 3.05) is 0 Å². The first-order valence-corrected chi connectivity index (χ1v) is 9.58. The van der Waals surface area contributed by atoms with Crippen LogP contribution < -0.4 is 0 Å². The predicted octanol–water partition coefficient (Wildman–Crippen LogP) is 4.15. The fourth-order valence-electron chi connectivity index (χ4n) is 6.20. The quantitative estimate of drug-likeness (QED) is 0.405. The Morgan fingerprint density at radius 1 is 1.35 bits per heavy atom. The van der Waals surface area contributed by atoms with Crippen LogP contribution in [0.1, 0.15) is 52.9 Å². The molecule has 2 saturated carbocycles. The molecule has 4 aliphatic rings. The van der Waals surface area contributed by atoms with Crippen molar-refractivity contribution in [3.8, 4) is 12.3 Å². The van der Waals surface area contributed by atoms with Crippen LogP contribution in [0.3, 0.4) is 0 Å². The molecule has 5 atom stereocenters. The summed E-state index contributed by atoms with van der Waals surface area (Å²) in [5.41, 5.74) is 1.48. The molecule has 0 bridgehead atoms. The highest BCUT2D eigenvalue weighted by molar-refractivity contribution is 6.01. The van der Waals surface area contributed by atoms with Crippen LogP contribution >= 0.6 is 0 Å². The summed E-state index contributed by atoms with van der Waals surface area (Å²) in [6.07, 6.45) is 18.4. The van der Waals surface area contributed by atoms with Gasteiger partial charge in [-0.05, 0) is 63.0 Å². The van der Waals surface area contributed by atoms with Crippen LogP contribution in [-0.4, -0.2) is 17.4 Å². The van der Waals surface area contributed by atoms with Crippen molar-refractivity contribution in [1.82, 2.24) is 0 Å². The molecule has 0 aromatic rings. The Hall–Kier alpha value is -2.08. The Bertz CT molecular complexity index is 823. The molecule has 0 saturated heterocycles. The smallest absolute Gasteiger partial charge is 0.304 e. The van der Waals surface area contributed by atoms with Gasteiger partial charge in [-0.1, -0.05) is 36.1 Å². The molecular weight excluding hydrogens is 324 g/mol. The van der Waals surface area contributed by atoms with E-state index >= 15 is 0 Å². The molecule has 2 fully saturated rings. The number of fused-ring (bicyclic) bond motifs is 5. The number of allylic oxidation sites excluding steroid dienone is 6. The van der Waals surface area contributed by atoms with Crippen LogP contribution in [0.2, 0.25) is 0 Å². The average Bonchev–Trinajstić information content (AvgIpc) is 2.88. The number of hydrogen-bond acceptors (Lipinski definition) is 3. The Morgan fingerprint density at radius 3 is 2.81 bits per heavy atom. The summed E-state index contributed by atoms with van der Waals surface area (Å²) in [7, 11) is 0. The maximum atomic E-state index is 11.8. The van der Waals surface area contributed by atoms with E-state index in [1.807, 2.05) is 6.08 Å². The van der Waals surface area contributed by atoms with E-state index in [1.165, 1.54) is 18.1 Å². The zero-order chi connectivity index (χ0) is 18.7. The summed E-state index contributed by atoms with van der Waals surface area (Å²) >= 11 is 0. The third-order valence-corrected chi connectivity index (χ3v) is 7.62. The molecule has 4 aliphatic carbocycles. The molecule has 3 heteroatoms. The second-order valence-corrected chi connectivity index (χ2v) is 8.74. The maximum absolute atomic E-state index is 11.8. The molecular formula is C23H26O3. The minimum absolute atomic E-state index is 0.0965. The fraction of sp³-hybridized carbons (Fsp3) is 0.565. The van der Waals surface area contributed by atoms with Crippen molar-refractivity contribution in [2.45, 2.75) is 58.5 Å². The van der Waals surface area contributed by atoms with Gasteiger partial charge >= 0.3 is 5.97 Å². The van der Waals surface area contributed by atoms with E-state index in [2.05, 4.69) is 31.9 Å². The van der Waals surface area contributed by atoms with Gasteiger partial charge in [0.05, 0.1) is 0 Å². The van der Waals surface area contributed by atoms with E-state index in [1.54, 1.807) is 6.08 Å². The SMILES string of the molecule is C#C[C@]1(OC(C)=O)CCC2C3CCC4=CC(=O)C=C[C@]4(C)C3=CC[C@@]21C. The van der Waals surface area contributed by atoms with Crippen LogP contribution in [0.25, 0.3) is 0 Å². The molecule has 0 radical (unpaired) electrons. The largest absolute Gasteiger partial charge is 0.445 e. The maximum Gasteiger partial charge on any atom is 0.304 e. The number of ether oxygens (including phenoxy) is 1. The summed E-state index contributed by atoms with van der Waals surface area (Å²) < 4.78 is 5.77. The molecule has 0 aromatic heterocycles. The number of hydrogen-bond donors (Lipinski definition) is 0. The molecule has 0 aliphatic heterocycles. The molecule has 0 spiro atoms. The fourth-order valence-corrected chi connectivity index (χ4v) is 6.20. The minimum atomic E-state index is -0.805. The van der Waals surface area contributed by atoms with Gasteiger partial charge < -0.3 is 4.74 Å². The zero-order valence-electron chi connectivity index (χ0n) is 15.8. The van der Waals surface area contributed by atoms with Crippen LogP contribution in [-0.2, 0) is 14.3 Å². The first kappa shape index (κ1) is 17.3. The van der Waals surface area contributed by atoms with E-state index in [4.69, 9.17) is 11.2 Å². The van der Waals surface area contributed by atoms with E-state index in [9.17, 15) is 9.59 Å². The van der Waals surface area contributed by atoms with Crippen molar-refractivity contribution in [3.05, 3.63) is 35.5 Å². The van der Waals surface area contributed by atoms with Crippen molar-refractivity contribution >= 4 is 11.8 Å². The Labute approximate surface area is 155 Å². The van der Waals surface area contributed by atoms with Gasteiger partial charge in [0.15, 0.2) is 11.4 Å². The van der Waals surface area contributed by atoms with Gasteiger partial charge in [-0.25, -0.2) is 0 Å². The van der Waals surface area contributed by atoms with Crippen molar-refractivity contribution in [3.63, 3.8) is 0 Å². The first-order valence-electron chi connectivity index (χ1n) is 9.58. The first-order chi connectivity index (χ1) is 12.3. The molecule has 4 rings (SSSR count). The highest BCUT2D eigenvalue weighted by atomic mass is 16.6. The van der Waals surface area contributed by atoms with Gasteiger partial charge in [-0.3, -0.25) is 9.59 Å². The summed E-state index contributed by atoms with van der Waals surface area (Å²) in [4.78, 5) is 23.6. The lowest BCUT2D eigenvalue weighted by molar-refractivity contribution is -0.162. The van der Waals surface area contributed by atoms with Crippen LogP contribution in [0, 0.1) is 35.0 Å². The number of rotatable bonds is 1. The third kappa shape index (κ3) is 2.08. The summed E-state index contributed by atoms with van der Waals surface area (Å²) in [6.45, 7) is 5.88. The van der Waals surface area contributed by atoms with E-state index in [0.717, 1.165) is 32.1 Å². The zero-order valence-corrected chi connectivity index (χ0v) is 15.8. The Balaban J connectivity index is 1.77. The summed E-state index contributed by atoms with van der Waals surface area (Å²) in [6, 6.07) is 0. The van der Waals surface area contributed by atoms with Gasteiger partial charge in [0.1, 0.15) is 0 Å². The third-order valence-electron chi connectivity index (χ3n) is 7.62. The molecule has 0 N–H and O–H groups in total. The van der Waals surface area contributed by atoms with E-state index < -0.39 is 5.60 Å². The number of carbonyl (C=O) groups excluding carboxylic acids is 2. The topological polar surface area (TPSA) is 43.4 Å². The Morgan fingerprint density at radius 2 is 2.12 bits per heavy atom. The monoisotopic (exact) mass is 350 g/mol. The molecule has 2 unspecified atom stereocenters.